The number of anilines is 3. The van der Waals surface area contributed by atoms with Gasteiger partial charge in [0.2, 0.25) is 0 Å². The number of aryl methyl sites for hydroxylation is 1. The molecule has 3 aromatic carbocycles. The predicted octanol–water partition coefficient (Wildman–Crippen LogP) is 6.21. The third kappa shape index (κ3) is 2.99. The average molecular weight is 390 g/mol. The van der Waals surface area contributed by atoms with E-state index < -0.39 is 11.6 Å². The molecule has 0 saturated heterocycles. The number of aromatic hydroxyl groups is 1. The van der Waals surface area contributed by atoms with Crippen molar-refractivity contribution in [1.82, 2.24) is 0 Å². The molecule has 3 rings (SSSR count). The molecule has 0 atom stereocenters. The van der Waals surface area contributed by atoms with Crippen molar-refractivity contribution in [3.8, 4) is 5.75 Å². The molecule has 0 amide bonds. The van der Waals surface area contributed by atoms with Crippen molar-refractivity contribution in [1.29, 1.82) is 0 Å². The van der Waals surface area contributed by atoms with Gasteiger partial charge in [0, 0.05) is 10.2 Å². The van der Waals surface area contributed by atoms with Crippen molar-refractivity contribution in [2.75, 3.05) is 4.90 Å². The van der Waals surface area contributed by atoms with Crippen molar-refractivity contribution < 1.29 is 13.9 Å². The molecule has 0 aliphatic heterocycles. The topological polar surface area (TPSA) is 23.5 Å². The van der Waals surface area contributed by atoms with E-state index in [0.717, 1.165) is 5.56 Å². The summed E-state index contributed by atoms with van der Waals surface area (Å²) in [6.45, 7) is 1.84. The average Bonchev–Trinajstić information content (AvgIpc) is 2.52. The molecule has 0 fully saturated rings. The number of nitrogens with zero attached hydrogens (tertiary/aromatic N) is 1. The molecular formula is C19H14BrF2NO. The molecule has 5 heteroatoms. The lowest BCUT2D eigenvalue weighted by atomic mass is 10.1. The van der Waals surface area contributed by atoms with Gasteiger partial charge >= 0.3 is 0 Å². The molecule has 0 heterocycles. The van der Waals surface area contributed by atoms with Crippen molar-refractivity contribution in [2.24, 2.45) is 0 Å². The minimum absolute atomic E-state index is 0.0672. The molecule has 1 N–H and O–H groups in total. The highest BCUT2D eigenvalue weighted by atomic mass is 79.9. The Bertz CT molecular complexity index is 830. The van der Waals surface area contributed by atoms with Crippen LogP contribution in [0.4, 0.5) is 25.8 Å². The third-order valence-corrected chi connectivity index (χ3v) is 4.14. The smallest absolute Gasteiger partial charge is 0.151 e. The molecule has 3 aromatic rings. The fraction of sp³-hybridized carbons (Fsp3) is 0.0526. The second kappa shape index (κ2) is 6.61. The number of phenolic OH excluding ortho intramolecular Hbond substituents is 1. The second-order valence-corrected chi connectivity index (χ2v) is 6.24. The maximum absolute atomic E-state index is 14.6. The Balaban J connectivity index is 2.33. The van der Waals surface area contributed by atoms with Gasteiger partial charge in [-0.1, -0.05) is 46.3 Å². The first-order valence-corrected chi connectivity index (χ1v) is 8.06. The maximum atomic E-state index is 14.6. The van der Waals surface area contributed by atoms with Crippen LogP contribution in [0, 0.1) is 18.6 Å². The van der Waals surface area contributed by atoms with E-state index in [0.29, 0.717) is 15.8 Å². The molecular weight excluding hydrogens is 376 g/mol. The molecule has 0 aromatic heterocycles. The third-order valence-electron chi connectivity index (χ3n) is 3.68. The zero-order chi connectivity index (χ0) is 17.3. The lowest BCUT2D eigenvalue weighted by Gasteiger charge is -2.28. The van der Waals surface area contributed by atoms with Gasteiger partial charge < -0.3 is 10.0 Å². The van der Waals surface area contributed by atoms with Crippen LogP contribution in [0.3, 0.4) is 0 Å². The van der Waals surface area contributed by atoms with Crippen molar-refractivity contribution in [2.45, 2.75) is 6.92 Å². The van der Waals surface area contributed by atoms with Crippen LogP contribution in [0.5, 0.6) is 5.75 Å². The van der Waals surface area contributed by atoms with Crippen molar-refractivity contribution >= 4 is 33.0 Å². The number of phenols is 1. The zero-order valence-corrected chi connectivity index (χ0v) is 14.4. The van der Waals surface area contributed by atoms with Crippen LogP contribution in [0.15, 0.2) is 65.1 Å². The van der Waals surface area contributed by atoms with Gasteiger partial charge in [0.25, 0.3) is 0 Å². The zero-order valence-electron chi connectivity index (χ0n) is 12.8. The quantitative estimate of drug-likeness (QED) is 0.575. The minimum Gasteiger partial charge on any atom is -0.506 e. The van der Waals surface area contributed by atoms with Crippen molar-refractivity contribution in [3.05, 3.63) is 82.3 Å². The number of rotatable bonds is 3. The van der Waals surface area contributed by atoms with E-state index in [4.69, 9.17) is 0 Å². The monoisotopic (exact) mass is 389 g/mol. The highest BCUT2D eigenvalue weighted by Crippen LogP contribution is 2.43. The number of hydrogen-bond donors (Lipinski definition) is 1. The predicted molar refractivity (Wildman–Crippen MR) is 95.1 cm³/mol. The number of para-hydroxylation sites is 3. The molecule has 2 nitrogen and oxygen atoms in total. The Labute approximate surface area is 147 Å². The summed E-state index contributed by atoms with van der Waals surface area (Å²) in [6, 6.07) is 16.1. The van der Waals surface area contributed by atoms with E-state index >= 15 is 0 Å². The largest absolute Gasteiger partial charge is 0.506 e. The molecule has 0 saturated carbocycles. The van der Waals surface area contributed by atoms with E-state index in [9.17, 15) is 13.9 Å². The van der Waals surface area contributed by atoms with Gasteiger partial charge in [-0.2, -0.15) is 0 Å². The van der Waals surface area contributed by atoms with Crippen LogP contribution < -0.4 is 4.90 Å². The Hall–Kier alpha value is -2.40. The Kier molecular flexibility index (Phi) is 4.53. The maximum Gasteiger partial charge on any atom is 0.151 e. The minimum atomic E-state index is -0.728. The summed E-state index contributed by atoms with van der Waals surface area (Å²) in [4.78, 5) is 1.39. The molecule has 122 valence electrons. The van der Waals surface area contributed by atoms with Crippen LogP contribution in [-0.2, 0) is 0 Å². The molecule has 0 aliphatic carbocycles. The van der Waals surface area contributed by atoms with Gasteiger partial charge in [-0.25, -0.2) is 8.78 Å². The summed E-state index contributed by atoms with van der Waals surface area (Å²) in [5.41, 5.74) is 1.46. The molecule has 0 radical (unpaired) electrons. The summed E-state index contributed by atoms with van der Waals surface area (Å²) in [6.07, 6.45) is 0. The van der Waals surface area contributed by atoms with E-state index in [1.807, 2.05) is 19.1 Å². The summed E-state index contributed by atoms with van der Waals surface area (Å²) >= 11 is 3.09. The summed E-state index contributed by atoms with van der Waals surface area (Å²) in [5, 5.41) is 10.2. The first kappa shape index (κ1) is 16.5. The first-order valence-electron chi connectivity index (χ1n) is 7.27. The van der Waals surface area contributed by atoms with E-state index in [1.165, 1.54) is 23.1 Å². The van der Waals surface area contributed by atoms with Crippen LogP contribution in [-0.4, -0.2) is 5.11 Å². The van der Waals surface area contributed by atoms with Gasteiger partial charge in [-0.15, -0.1) is 0 Å². The Morgan fingerprint density at radius 2 is 1.42 bits per heavy atom. The van der Waals surface area contributed by atoms with Gasteiger partial charge in [-0.3, -0.25) is 0 Å². The Morgan fingerprint density at radius 3 is 2.00 bits per heavy atom. The first-order chi connectivity index (χ1) is 11.5. The fourth-order valence-electron chi connectivity index (χ4n) is 2.59. The SMILES string of the molecule is Cc1ccccc1N(c1ccccc1O)c1c(F)cc(Br)cc1F. The van der Waals surface area contributed by atoms with Crippen LogP contribution in [0.2, 0.25) is 0 Å². The lowest BCUT2D eigenvalue weighted by molar-refractivity contribution is 0.476. The van der Waals surface area contributed by atoms with Gasteiger partial charge in [0.1, 0.15) is 11.4 Å². The molecule has 0 spiro atoms. The van der Waals surface area contributed by atoms with Crippen LogP contribution in [0.1, 0.15) is 5.56 Å². The van der Waals surface area contributed by atoms with E-state index in [2.05, 4.69) is 15.9 Å². The molecule has 0 aliphatic rings. The van der Waals surface area contributed by atoms with Gasteiger partial charge in [0.05, 0.1) is 5.69 Å². The normalized spacial score (nSPS) is 10.7. The number of benzene rings is 3. The van der Waals surface area contributed by atoms with Crippen molar-refractivity contribution in [3.63, 3.8) is 0 Å². The van der Waals surface area contributed by atoms with Crippen LogP contribution >= 0.6 is 15.9 Å². The highest BCUT2D eigenvalue weighted by Gasteiger charge is 2.24. The standard InChI is InChI=1S/C19H14BrF2NO/c1-12-6-2-3-7-16(12)23(17-8-4-5-9-18(17)24)19-14(21)10-13(20)11-15(19)22/h2-11,24H,1H3. The van der Waals surface area contributed by atoms with Gasteiger partial charge in [-0.05, 0) is 42.8 Å². The second-order valence-electron chi connectivity index (χ2n) is 5.33. The summed E-state index contributed by atoms with van der Waals surface area (Å²) < 4.78 is 29.5. The van der Waals surface area contributed by atoms with Crippen LogP contribution in [0.25, 0.3) is 0 Å². The molecule has 0 unspecified atom stereocenters. The number of halogens is 3. The highest BCUT2D eigenvalue weighted by molar-refractivity contribution is 9.10. The molecule has 0 bridgehead atoms. The summed E-state index contributed by atoms with van der Waals surface area (Å²) in [7, 11) is 0. The van der Waals surface area contributed by atoms with E-state index in [-0.39, 0.29) is 11.4 Å². The van der Waals surface area contributed by atoms with E-state index in [1.54, 1.807) is 30.3 Å². The van der Waals surface area contributed by atoms with Gasteiger partial charge in [0.15, 0.2) is 11.6 Å². The summed E-state index contributed by atoms with van der Waals surface area (Å²) in [5.74, 6) is -1.52. The number of hydrogen-bond acceptors (Lipinski definition) is 2. The lowest BCUT2D eigenvalue weighted by Crippen LogP contribution is -2.15. The fourth-order valence-corrected chi connectivity index (χ4v) is 2.99. The molecule has 24 heavy (non-hydrogen) atoms. The Morgan fingerprint density at radius 1 is 0.875 bits per heavy atom.